The Bertz CT molecular complexity index is 981. The van der Waals surface area contributed by atoms with Gasteiger partial charge in [0.05, 0.1) is 12.0 Å². The van der Waals surface area contributed by atoms with Crippen molar-refractivity contribution in [1.29, 1.82) is 0 Å². The molecule has 11 nitrogen and oxygen atoms in total. The Labute approximate surface area is 210 Å². The number of hydrazine groups is 1. The van der Waals surface area contributed by atoms with E-state index in [1.54, 1.807) is 20.8 Å². The zero-order valence-electron chi connectivity index (χ0n) is 21.0. The lowest BCUT2D eigenvalue weighted by molar-refractivity contribution is -0.140. The largest absolute Gasteiger partial charge is 0.444 e. The number of rotatable bonds is 6. The number of amides is 5. The van der Waals surface area contributed by atoms with E-state index in [2.05, 4.69) is 16.2 Å². The molecule has 196 valence electrons. The highest BCUT2D eigenvalue weighted by Crippen LogP contribution is 2.31. The number of benzene rings is 1. The number of hydrogen-bond acceptors (Lipinski definition) is 6. The van der Waals surface area contributed by atoms with Crippen LogP contribution in [-0.4, -0.2) is 64.2 Å². The molecule has 11 heteroatoms. The van der Waals surface area contributed by atoms with Crippen molar-refractivity contribution in [2.24, 2.45) is 5.92 Å². The van der Waals surface area contributed by atoms with E-state index in [0.29, 0.717) is 32.2 Å². The van der Waals surface area contributed by atoms with Crippen molar-refractivity contribution in [3.63, 3.8) is 0 Å². The SMILES string of the molecule is CC(C)(C)OC(=O)N[C@@H]1CCC[C@H]1C(=O)NNC(=O)[C@@H]1CC[C@@H]2CN1C(=O)N2OCc1ccccc1. The maximum absolute atomic E-state index is 12.9. The molecule has 1 aromatic rings. The van der Waals surface area contributed by atoms with E-state index in [1.807, 2.05) is 30.3 Å². The molecule has 1 aromatic carbocycles. The van der Waals surface area contributed by atoms with Gasteiger partial charge in [0.1, 0.15) is 18.2 Å². The minimum Gasteiger partial charge on any atom is -0.444 e. The third kappa shape index (κ3) is 6.07. The minimum absolute atomic E-state index is 0.113. The Hall–Kier alpha value is -3.34. The van der Waals surface area contributed by atoms with E-state index in [0.717, 1.165) is 12.0 Å². The van der Waals surface area contributed by atoms with Gasteiger partial charge in [-0.2, -0.15) is 5.06 Å². The lowest BCUT2D eigenvalue weighted by atomic mass is 10.0. The highest BCUT2D eigenvalue weighted by atomic mass is 16.7. The molecule has 2 saturated heterocycles. The van der Waals surface area contributed by atoms with Gasteiger partial charge in [-0.15, -0.1) is 0 Å². The highest BCUT2D eigenvalue weighted by molar-refractivity contribution is 5.90. The fraction of sp³-hybridized carbons (Fsp3) is 0.600. The molecular weight excluding hydrogens is 466 g/mol. The zero-order valence-corrected chi connectivity index (χ0v) is 21.0. The molecule has 0 unspecified atom stereocenters. The third-order valence-corrected chi connectivity index (χ3v) is 6.70. The molecule has 3 N–H and O–H groups in total. The van der Waals surface area contributed by atoms with Crippen LogP contribution in [0.2, 0.25) is 0 Å². The van der Waals surface area contributed by atoms with Crippen molar-refractivity contribution in [1.82, 2.24) is 26.1 Å². The summed E-state index contributed by atoms with van der Waals surface area (Å²) in [7, 11) is 0. The Kier molecular flexibility index (Phi) is 7.67. The van der Waals surface area contributed by atoms with Crippen LogP contribution in [0.3, 0.4) is 0 Å². The summed E-state index contributed by atoms with van der Waals surface area (Å²) in [5.41, 5.74) is 5.29. The van der Waals surface area contributed by atoms with Gasteiger partial charge in [-0.1, -0.05) is 36.8 Å². The van der Waals surface area contributed by atoms with Crippen LogP contribution in [0.15, 0.2) is 30.3 Å². The molecule has 0 spiro atoms. The second kappa shape index (κ2) is 10.7. The maximum Gasteiger partial charge on any atom is 0.407 e. The summed E-state index contributed by atoms with van der Waals surface area (Å²) in [6, 6.07) is 8.03. The number of ether oxygens (including phenoxy) is 1. The maximum atomic E-state index is 12.9. The molecule has 4 atom stereocenters. The van der Waals surface area contributed by atoms with Gasteiger partial charge in [0.2, 0.25) is 5.91 Å². The van der Waals surface area contributed by atoms with Crippen molar-refractivity contribution in [3.8, 4) is 0 Å². The molecule has 0 radical (unpaired) electrons. The second-order valence-electron chi connectivity index (χ2n) is 10.5. The van der Waals surface area contributed by atoms with Crippen LogP contribution < -0.4 is 16.2 Å². The zero-order chi connectivity index (χ0) is 25.9. The molecule has 36 heavy (non-hydrogen) atoms. The van der Waals surface area contributed by atoms with Crippen molar-refractivity contribution in [2.75, 3.05) is 6.54 Å². The van der Waals surface area contributed by atoms with Gasteiger partial charge in [0.15, 0.2) is 0 Å². The van der Waals surface area contributed by atoms with E-state index in [1.165, 1.54) is 9.96 Å². The predicted octanol–water partition coefficient (Wildman–Crippen LogP) is 2.23. The van der Waals surface area contributed by atoms with Crippen LogP contribution in [0.1, 0.15) is 58.4 Å². The number of carbonyl (C=O) groups is 4. The Morgan fingerprint density at radius 2 is 1.72 bits per heavy atom. The van der Waals surface area contributed by atoms with Crippen molar-refractivity contribution in [3.05, 3.63) is 35.9 Å². The average molecular weight is 502 g/mol. The lowest BCUT2D eigenvalue weighted by Crippen LogP contribution is -2.56. The number of carbonyl (C=O) groups excluding carboxylic acids is 4. The van der Waals surface area contributed by atoms with Crippen LogP contribution >= 0.6 is 0 Å². The normalized spacial score (nSPS) is 25.5. The van der Waals surface area contributed by atoms with Gasteiger partial charge in [-0.05, 0) is 52.0 Å². The van der Waals surface area contributed by atoms with Crippen molar-refractivity contribution < 1.29 is 28.8 Å². The smallest absolute Gasteiger partial charge is 0.407 e. The second-order valence-corrected chi connectivity index (χ2v) is 10.5. The highest BCUT2D eigenvalue weighted by Gasteiger charge is 2.48. The molecule has 3 aliphatic rings. The standard InChI is InChI=1S/C25H35N5O6/c1-25(2,3)36-23(33)26-19-11-7-10-18(19)21(31)27-28-22(32)20-13-12-17-14-29(20)24(34)30(17)35-15-16-8-5-4-6-9-16/h4-6,8-9,17-20H,7,10-15H2,1-3H3,(H,26,33)(H,27,31)(H,28,32)/t17-,18-,19-,20+/m1/s1. The Morgan fingerprint density at radius 3 is 2.44 bits per heavy atom. The fourth-order valence-electron chi connectivity index (χ4n) is 4.99. The molecule has 4 rings (SSSR count). The summed E-state index contributed by atoms with van der Waals surface area (Å²) >= 11 is 0. The number of hydrogen-bond donors (Lipinski definition) is 3. The average Bonchev–Trinajstić information content (AvgIpc) is 3.38. The molecule has 1 saturated carbocycles. The number of piperidine rings is 1. The van der Waals surface area contributed by atoms with Gasteiger partial charge in [0.25, 0.3) is 5.91 Å². The number of urea groups is 1. The Balaban J connectivity index is 1.26. The number of hydroxylamine groups is 2. The lowest BCUT2D eigenvalue weighted by Gasteiger charge is -2.29. The van der Waals surface area contributed by atoms with Gasteiger partial charge in [-0.3, -0.25) is 25.3 Å². The number of fused-ring (bicyclic) bond motifs is 2. The van der Waals surface area contributed by atoms with E-state index in [9.17, 15) is 19.2 Å². The summed E-state index contributed by atoms with van der Waals surface area (Å²) in [6.07, 6.45) is 2.53. The number of nitrogens with one attached hydrogen (secondary N) is 3. The first kappa shape index (κ1) is 25.7. The summed E-state index contributed by atoms with van der Waals surface area (Å²) in [6.45, 7) is 5.98. The Morgan fingerprint density at radius 1 is 1.00 bits per heavy atom. The molecule has 5 amide bonds. The van der Waals surface area contributed by atoms with E-state index in [-0.39, 0.29) is 30.6 Å². The van der Waals surface area contributed by atoms with Gasteiger partial charge in [-0.25, -0.2) is 9.59 Å². The molecule has 0 aromatic heterocycles. The number of alkyl carbamates (subject to hydrolysis) is 1. The summed E-state index contributed by atoms with van der Waals surface area (Å²) < 4.78 is 5.29. The van der Waals surface area contributed by atoms with E-state index < -0.39 is 29.6 Å². The molecule has 2 heterocycles. The first-order valence-electron chi connectivity index (χ1n) is 12.5. The summed E-state index contributed by atoms with van der Waals surface area (Å²) in [4.78, 5) is 58.0. The predicted molar refractivity (Wildman–Crippen MR) is 129 cm³/mol. The number of nitrogens with zero attached hydrogens (tertiary/aromatic N) is 2. The van der Waals surface area contributed by atoms with Crippen LogP contribution in [0.25, 0.3) is 0 Å². The van der Waals surface area contributed by atoms with Gasteiger partial charge in [0, 0.05) is 12.6 Å². The van der Waals surface area contributed by atoms with Crippen LogP contribution in [-0.2, 0) is 25.8 Å². The summed E-state index contributed by atoms with van der Waals surface area (Å²) in [5, 5.41) is 4.13. The molecule has 2 bridgehead atoms. The van der Waals surface area contributed by atoms with Gasteiger partial charge >= 0.3 is 12.1 Å². The molecule has 2 aliphatic heterocycles. The van der Waals surface area contributed by atoms with Crippen LogP contribution in [0.5, 0.6) is 0 Å². The first-order chi connectivity index (χ1) is 17.1. The van der Waals surface area contributed by atoms with Crippen LogP contribution in [0.4, 0.5) is 9.59 Å². The quantitative estimate of drug-likeness (QED) is 0.513. The topological polar surface area (TPSA) is 129 Å². The van der Waals surface area contributed by atoms with E-state index >= 15 is 0 Å². The minimum atomic E-state index is -0.696. The first-order valence-corrected chi connectivity index (χ1v) is 12.5. The van der Waals surface area contributed by atoms with Crippen molar-refractivity contribution in [2.45, 2.75) is 83.2 Å². The third-order valence-electron chi connectivity index (χ3n) is 6.70. The van der Waals surface area contributed by atoms with Gasteiger partial charge < -0.3 is 15.0 Å². The molecule has 3 fully saturated rings. The summed E-state index contributed by atoms with van der Waals surface area (Å²) in [5.74, 6) is -1.31. The molecule has 1 aliphatic carbocycles. The molecular formula is C25H35N5O6. The van der Waals surface area contributed by atoms with Crippen LogP contribution in [0, 0.1) is 5.92 Å². The van der Waals surface area contributed by atoms with Crippen molar-refractivity contribution >= 4 is 23.9 Å². The fourth-order valence-corrected chi connectivity index (χ4v) is 4.99. The monoisotopic (exact) mass is 501 g/mol. The van der Waals surface area contributed by atoms with E-state index in [4.69, 9.17) is 9.57 Å².